The fraction of sp³-hybridized carbons (Fsp3) is 0.143. The lowest BCUT2D eigenvalue weighted by Gasteiger charge is -2.05. The zero-order chi connectivity index (χ0) is 13.9. The van der Waals surface area contributed by atoms with Gasteiger partial charge in [-0.15, -0.1) is 0 Å². The molecule has 2 heterocycles. The highest BCUT2D eigenvalue weighted by Gasteiger charge is 2.14. The highest BCUT2D eigenvalue weighted by Crippen LogP contribution is 2.32. The Labute approximate surface area is 114 Å². The van der Waals surface area contributed by atoms with Crippen molar-refractivity contribution in [3.05, 3.63) is 58.0 Å². The lowest BCUT2D eigenvalue weighted by Crippen LogP contribution is -2.27. The highest BCUT2D eigenvalue weighted by molar-refractivity contribution is 5.93. The van der Waals surface area contributed by atoms with Gasteiger partial charge in [-0.3, -0.25) is 9.59 Å². The number of aromatic nitrogens is 1. The minimum atomic E-state index is -0.412. The van der Waals surface area contributed by atoms with E-state index < -0.39 is 5.91 Å². The quantitative estimate of drug-likeness (QED) is 0.874. The molecule has 2 N–H and O–H groups in total. The van der Waals surface area contributed by atoms with Crippen molar-refractivity contribution < 1.29 is 14.3 Å². The van der Waals surface area contributed by atoms with Crippen molar-refractivity contribution in [1.29, 1.82) is 0 Å². The second-order valence-electron chi connectivity index (χ2n) is 4.29. The minimum Gasteiger partial charge on any atom is -0.454 e. The summed E-state index contributed by atoms with van der Waals surface area (Å²) in [6, 6.07) is 6.75. The molecule has 1 aliphatic rings. The van der Waals surface area contributed by atoms with Crippen molar-refractivity contribution in [2.45, 2.75) is 6.54 Å². The molecule has 1 aromatic carbocycles. The molecule has 0 bridgehead atoms. The van der Waals surface area contributed by atoms with Crippen LogP contribution in [-0.4, -0.2) is 17.7 Å². The third-order valence-electron chi connectivity index (χ3n) is 2.96. The topological polar surface area (TPSA) is 80.4 Å². The van der Waals surface area contributed by atoms with E-state index in [1.807, 2.05) is 6.07 Å². The SMILES string of the molecule is O=C(NCc1ccc2c(c1)OCO2)c1c[nH]ccc1=O. The molecular formula is C14H12N2O4. The average molecular weight is 272 g/mol. The summed E-state index contributed by atoms with van der Waals surface area (Å²) < 4.78 is 10.5. The number of benzene rings is 1. The number of fused-ring (bicyclic) bond motifs is 1. The lowest BCUT2D eigenvalue weighted by molar-refractivity contribution is 0.0949. The maximum atomic E-state index is 11.9. The van der Waals surface area contributed by atoms with Gasteiger partial charge in [0.15, 0.2) is 16.9 Å². The molecule has 0 spiro atoms. The predicted molar refractivity (Wildman–Crippen MR) is 70.8 cm³/mol. The van der Waals surface area contributed by atoms with E-state index in [4.69, 9.17) is 9.47 Å². The van der Waals surface area contributed by atoms with Crippen LogP contribution in [-0.2, 0) is 6.54 Å². The monoisotopic (exact) mass is 272 g/mol. The standard InChI is InChI=1S/C14H12N2O4/c17-11-3-4-15-7-10(11)14(18)16-6-9-1-2-12-13(5-9)20-8-19-12/h1-5,7H,6,8H2,(H,15,17)(H,16,18). The van der Waals surface area contributed by atoms with E-state index in [2.05, 4.69) is 10.3 Å². The van der Waals surface area contributed by atoms with Gasteiger partial charge in [-0.25, -0.2) is 0 Å². The van der Waals surface area contributed by atoms with Gasteiger partial charge >= 0.3 is 0 Å². The summed E-state index contributed by atoms with van der Waals surface area (Å²) in [5.41, 5.74) is 0.648. The molecular weight excluding hydrogens is 260 g/mol. The van der Waals surface area contributed by atoms with Crippen LogP contribution in [0.25, 0.3) is 0 Å². The Kier molecular flexibility index (Phi) is 3.12. The molecule has 6 nitrogen and oxygen atoms in total. The Hall–Kier alpha value is -2.76. The molecule has 0 radical (unpaired) electrons. The van der Waals surface area contributed by atoms with E-state index in [1.54, 1.807) is 12.1 Å². The number of carbonyl (C=O) groups excluding carboxylic acids is 1. The van der Waals surface area contributed by atoms with E-state index in [9.17, 15) is 9.59 Å². The maximum absolute atomic E-state index is 11.9. The first kappa shape index (κ1) is 12.3. The Morgan fingerprint density at radius 2 is 2.10 bits per heavy atom. The summed E-state index contributed by atoms with van der Waals surface area (Å²) in [5.74, 6) is 0.943. The van der Waals surface area contributed by atoms with Crippen LogP contribution in [0.15, 0.2) is 41.5 Å². The van der Waals surface area contributed by atoms with Crippen LogP contribution in [0.2, 0.25) is 0 Å². The zero-order valence-corrected chi connectivity index (χ0v) is 10.5. The summed E-state index contributed by atoms with van der Waals surface area (Å²) in [7, 11) is 0. The molecule has 6 heteroatoms. The van der Waals surface area contributed by atoms with Gasteiger partial charge in [0.05, 0.1) is 0 Å². The fourth-order valence-electron chi connectivity index (χ4n) is 1.92. The molecule has 1 aromatic heterocycles. The summed E-state index contributed by atoms with van der Waals surface area (Å²) in [6.07, 6.45) is 2.87. The smallest absolute Gasteiger partial charge is 0.257 e. The van der Waals surface area contributed by atoms with E-state index in [0.29, 0.717) is 18.0 Å². The molecule has 2 aromatic rings. The number of pyridine rings is 1. The van der Waals surface area contributed by atoms with Crippen molar-refractivity contribution in [3.63, 3.8) is 0 Å². The molecule has 20 heavy (non-hydrogen) atoms. The number of rotatable bonds is 3. The van der Waals surface area contributed by atoms with Gasteiger partial charge in [0.25, 0.3) is 5.91 Å². The number of aromatic amines is 1. The number of H-pyrrole nitrogens is 1. The highest BCUT2D eigenvalue weighted by atomic mass is 16.7. The second kappa shape index (κ2) is 5.08. The average Bonchev–Trinajstić information content (AvgIpc) is 2.92. The van der Waals surface area contributed by atoms with Crippen LogP contribution in [0.1, 0.15) is 15.9 Å². The number of carbonyl (C=O) groups is 1. The molecule has 3 rings (SSSR count). The largest absolute Gasteiger partial charge is 0.454 e. The molecule has 0 fully saturated rings. The van der Waals surface area contributed by atoms with Gasteiger partial charge in [-0.05, 0) is 17.7 Å². The van der Waals surface area contributed by atoms with Crippen molar-refractivity contribution in [2.24, 2.45) is 0 Å². The van der Waals surface area contributed by atoms with E-state index in [-0.39, 0.29) is 17.8 Å². The van der Waals surface area contributed by atoms with Crippen molar-refractivity contribution >= 4 is 5.91 Å². The molecule has 1 aliphatic heterocycles. The van der Waals surface area contributed by atoms with Crippen molar-refractivity contribution in [1.82, 2.24) is 10.3 Å². The van der Waals surface area contributed by atoms with Crippen LogP contribution in [0.3, 0.4) is 0 Å². The Bertz CT molecular complexity index is 708. The third kappa shape index (κ3) is 2.35. The summed E-state index contributed by atoms with van der Waals surface area (Å²) in [4.78, 5) is 26.1. The molecule has 1 amide bonds. The number of hydrogen-bond acceptors (Lipinski definition) is 4. The van der Waals surface area contributed by atoms with Gasteiger partial charge < -0.3 is 19.8 Å². The fourth-order valence-corrected chi connectivity index (χ4v) is 1.92. The normalized spacial score (nSPS) is 12.2. The van der Waals surface area contributed by atoms with Crippen LogP contribution >= 0.6 is 0 Å². The Morgan fingerprint density at radius 1 is 1.25 bits per heavy atom. The summed E-state index contributed by atoms with van der Waals surface area (Å²) in [5, 5.41) is 2.69. The van der Waals surface area contributed by atoms with E-state index in [1.165, 1.54) is 18.5 Å². The van der Waals surface area contributed by atoms with Gasteiger partial charge in [-0.2, -0.15) is 0 Å². The number of nitrogens with one attached hydrogen (secondary N) is 2. The number of amides is 1. The number of hydrogen-bond donors (Lipinski definition) is 2. The molecule has 0 saturated carbocycles. The van der Waals surface area contributed by atoms with E-state index in [0.717, 1.165) is 5.56 Å². The van der Waals surface area contributed by atoms with Crippen molar-refractivity contribution in [2.75, 3.05) is 6.79 Å². The van der Waals surface area contributed by atoms with Crippen LogP contribution < -0.4 is 20.2 Å². The van der Waals surface area contributed by atoms with Gasteiger partial charge in [0.2, 0.25) is 6.79 Å². The van der Waals surface area contributed by atoms with Gasteiger partial charge in [0, 0.05) is 25.0 Å². The molecule has 0 unspecified atom stereocenters. The summed E-state index contributed by atoms with van der Waals surface area (Å²) >= 11 is 0. The summed E-state index contributed by atoms with van der Waals surface area (Å²) in [6.45, 7) is 0.522. The predicted octanol–water partition coefficient (Wildman–Crippen LogP) is 1.03. The van der Waals surface area contributed by atoms with Crippen LogP contribution in [0.4, 0.5) is 0 Å². The molecule has 102 valence electrons. The maximum Gasteiger partial charge on any atom is 0.257 e. The molecule has 0 atom stereocenters. The van der Waals surface area contributed by atoms with Crippen LogP contribution in [0, 0.1) is 0 Å². The second-order valence-corrected chi connectivity index (χ2v) is 4.29. The van der Waals surface area contributed by atoms with Gasteiger partial charge in [0.1, 0.15) is 5.56 Å². The first-order valence-corrected chi connectivity index (χ1v) is 6.08. The minimum absolute atomic E-state index is 0.0910. The first-order valence-electron chi connectivity index (χ1n) is 6.08. The van der Waals surface area contributed by atoms with Gasteiger partial charge in [-0.1, -0.05) is 6.07 Å². The van der Waals surface area contributed by atoms with Crippen LogP contribution in [0.5, 0.6) is 11.5 Å². The Balaban J connectivity index is 1.69. The molecule has 0 aliphatic carbocycles. The first-order chi connectivity index (χ1) is 9.74. The third-order valence-corrected chi connectivity index (χ3v) is 2.96. The zero-order valence-electron chi connectivity index (χ0n) is 10.5. The number of ether oxygens (including phenoxy) is 2. The Morgan fingerprint density at radius 3 is 2.95 bits per heavy atom. The van der Waals surface area contributed by atoms with Crippen molar-refractivity contribution in [3.8, 4) is 11.5 Å². The lowest BCUT2D eigenvalue weighted by atomic mass is 10.2. The van der Waals surface area contributed by atoms with E-state index >= 15 is 0 Å². The molecule has 0 saturated heterocycles.